The van der Waals surface area contributed by atoms with Gasteiger partial charge in [-0.1, -0.05) is 24.3 Å². The summed E-state index contributed by atoms with van der Waals surface area (Å²) in [5.41, 5.74) is 0.622. The molecule has 0 spiro atoms. The van der Waals surface area contributed by atoms with E-state index in [1.807, 2.05) is 0 Å². The smallest absolute Gasteiger partial charge is 0.330 e. The highest BCUT2D eigenvalue weighted by molar-refractivity contribution is 6.05. The van der Waals surface area contributed by atoms with Crippen molar-refractivity contribution in [3.05, 3.63) is 83.4 Å². The summed E-state index contributed by atoms with van der Waals surface area (Å²) in [5.74, 6) is -2.76. The first-order valence-corrected chi connectivity index (χ1v) is 13.1. The summed E-state index contributed by atoms with van der Waals surface area (Å²) in [6.07, 6.45) is -8.83. The van der Waals surface area contributed by atoms with Gasteiger partial charge in [-0.05, 0) is 41.5 Å². The molecule has 1 saturated heterocycles. The number of Topliss-reactive ketones (excluding diaryl/α,β-unsaturated/α-hetero) is 1. The minimum Gasteiger partial charge on any atom is -0.508 e. The fraction of sp³-hybridized carbons (Fsp3) is 0.267. The van der Waals surface area contributed by atoms with E-state index in [4.69, 9.17) is 18.9 Å². The van der Waals surface area contributed by atoms with Crippen LogP contribution >= 0.6 is 0 Å². The molecule has 2 aliphatic heterocycles. The number of esters is 1. The molecule has 43 heavy (non-hydrogen) atoms. The van der Waals surface area contributed by atoms with Crippen LogP contribution < -0.4 is 4.74 Å². The predicted octanol–water partition coefficient (Wildman–Crippen LogP) is 1.27. The third-order valence-corrected chi connectivity index (χ3v) is 6.97. The zero-order chi connectivity index (χ0) is 30.8. The number of phenolic OH excluding ortho intramolecular Hbond substituents is 4. The van der Waals surface area contributed by atoms with Crippen molar-refractivity contribution < 1.29 is 64.3 Å². The maximum atomic E-state index is 13.6. The van der Waals surface area contributed by atoms with Crippen LogP contribution in [0, 0.1) is 0 Å². The van der Waals surface area contributed by atoms with Crippen LogP contribution in [0.2, 0.25) is 0 Å². The Morgan fingerprint density at radius 1 is 0.837 bits per heavy atom. The molecular formula is C30H28O13. The fourth-order valence-electron chi connectivity index (χ4n) is 4.72. The molecule has 1 fully saturated rings. The number of ketones is 1. The monoisotopic (exact) mass is 596 g/mol. The van der Waals surface area contributed by atoms with E-state index in [-0.39, 0.29) is 28.6 Å². The minimum atomic E-state index is -1.86. The summed E-state index contributed by atoms with van der Waals surface area (Å²) >= 11 is 0. The van der Waals surface area contributed by atoms with E-state index in [2.05, 4.69) is 0 Å². The summed E-state index contributed by atoms with van der Waals surface area (Å²) in [5, 5.41) is 71.0. The van der Waals surface area contributed by atoms with Crippen LogP contribution in [0.15, 0.2) is 66.7 Å². The Bertz CT molecular complexity index is 1500. The second-order valence-corrected chi connectivity index (χ2v) is 9.96. The van der Waals surface area contributed by atoms with E-state index in [1.165, 1.54) is 42.5 Å². The van der Waals surface area contributed by atoms with Crippen molar-refractivity contribution in [2.24, 2.45) is 0 Å². The molecule has 7 atom stereocenters. The molecule has 2 aliphatic rings. The molecule has 7 N–H and O–H groups in total. The number of carbonyl (C=O) groups is 2. The molecule has 0 aliphatic carbocycles. The van der Waals surface area contributed by atoms with Crippen LogP contribution in [0.1, 0.15) is 27.6 Å². The maximum Gasteiger partial charge on any atom is 0.330 e. The third kappa shape index (κ3) is 6.40. The number of aliphatic hydroxyl groups excluding tert-OH is 3. The zero-order valence-electron chi connectivity index (χ0n) is 22.3. The van der Waals surface area contributed by atoms with Gasteiger partial charge in [0.1, 0.15) is 65.3 Å². The molecule has 0 radical (unpaired) electrons. The molecule has 0 unspecified atom stereocenters. The van der Waals surface area contributed by atoms with Crippen LogP contribution in [0.4, 0.5) is 0 Å². The van der Waals surface area contributed by atoms with Gasteiger partial charge in [0.2, 0.25) is 5.78 Å². The fourth-order valence-corrected chi connectivity index (χ4v) is 4.72. The lowest BCUT2D eigenvalue weighted by Gasteiger charge is -2.42. The van der Waals surface area contributed by atoms with Gasteiger partial charge in [0, 0.05) is 18.2 Å². The Morgan fingerprint density at radius 3 is 2.16 bits per heavy atom. The first-order valence-electron chi connectivity index (χ1n) is 13.1. The molecule has 13 heteroatoms. The summed E-state index contributed by atoms with van der Waals surface area (Å²) in [6.45, 7) is -0.567. The Hall–Kier alpha value is -4.66. The second-order valence-electron chi connectivity index (χ2n) is 9.96. The SMILES string of the molecule is O=C(/C=C/c1ccc(O)cc1)OC[C@H]1O[C@@H](O[C@@H]2C(=O)c3c(O)cc(O)cc3O[C@H]2c2ccc(O)cc2)[C@H](O)[C@@H](O)[C@@H]1O. The zero-order valence-corrected chi connectivity index (χ0v) is 22.3. The van der Waals surface area contributed by atoms with Gasteiger partial charge in [-0.2, -0.15) is 0 Å². The van der Waals surface area contributed by atoms with Crippen molar-refractivity contribution in [3.8, 4) is 28.7 Å². The molecule has 0 amide bonds. The molecule has 226 valence electrons. The number of benzene rings is 3. The van der Waals surface area contributed by atoms with E-state index in [0.717, 1.165) is 18.2 Å². The Kier molecular flexibility index (Phi) is 8.52. The average molecular weight is 597 g/mol. The Labute approximate surface area is 244 Å². The number of aliphatic hydroxyl groups is 3. The van der Waals surface area contributed by atoms with Gasteiger partial charge in [-0.15, -0.1) is 0 Å². The van der Waals surface area contributed by atoms with Crippen molar-refractivity contribution in [1.82, 2.24) is 0 Å². The lowest BCUT2D eigenvalue weighted by atomic mass is 9.92. The lowest BCUT2D eigenvalue weighted by molar-refractivity contribution is -0.312. The summed E-state index contributed by atoms with van der Waals surface area (Å²) in [7, 11) is 0. The quantitative estimate of drug-likeness (QED) is 0.151. The number of fused-ring (bicyclic) bond motifs is 1. The van der Waals surface area contributed by atoms with Crippen LogP contribution in [0.3, 0.4) is 0 Å². The average Bonchev–Trinajstić information content (AvgIpc) is 2.97. The molecule has 3 aromatic rings. The molecule has 0 saturated carbocycles. The lowest BCUT2D eigenvalue weighted by Crippen LogP contribution is -2.60. The first kappa shape index (κ1) is 29.8. The van der Waals surface area contributed by atoms with E-state index in [1.54, 1.807) is 12.1 Å². The summed E-state index contributed by atoms with van der Waals surface area (Å²) < 4.78 is 22.5. The summed E-state index contributed by atoms with van der Waals surface area (Å²) in [4.78, 5) is 25.9. The number of hydrogen-bond acceptors (Lipinski definition) is 13. The molecular weight excluding hydrogens is 568 g/mol. The van der Waals surface area contributed by atoms with Gasteiger partial charge in [-0.3, -0.25) is 4.79 Å². The molecule has 5 rings (SSSR count). The largest absolute Gasteiger partial charge is 0.508 e. The number of phenols is 4. The van der Waals surface area contributed by atoms with Crippen molar-refractivity contribution in [1.29, 1.82) is 0 Å². The van der Waals surface area contributed by atoms with Gasteiger partial charge >= 0.3 is 5.97 Å². The summed E-state index contributed by atoms with van der Waals surface area (Å²) in [6, 6.07) is 13.6. The Morgan fingerprint density at radius 2 is 1.49 bits per heavy atom. The number of hydrogen-bond donors (Lipinski definition) is 7. The number of carbonyl (C=O) groups excluding carboxylic acids is 2. The number of aromatic hydroxyl groups is 4. The van der Waals surface area contributed by atoms with E-state index in [9.17, 15) is 45.3 Å². The first-order chi connectivity index (χ1) is 20.5. The van der Waals surface area contributed by atoms with Crippen LogP contribution in [-0.4, -0.2) is 90.9 Å². The molecule has 13 nitrogen and oxygen atoms in total. The molecule has 2 heterocycles. The van der Waals surface area contributed by atoms with Crippen LogP contribution in [-0.2, 0) is 19.0 Å². The van der Waals surface area contributed by atoms with Crippen molar-refractivity contribution in [3.63, 3.8) is 0 Å². The van der Waals surface area contributed by atoms with E-state index < -0.39 is 67.0 Å². The molecule has 3 aromatic carbocycles. The van der Waals surface area contributed by atoms with Gasteiger partial charge in [0.25, 0.3) is 0 Å². The predicted molar refractivity (Wildman–Crippen MR) is 145 cm³/mol. The second kappa shape index (κ2) is 12.3. The van der Waals surface area contributed by atoms with Crippen LogP contribution in [0.25, 0.3) is 6.08 Å². The van der Waals surface area contributed by atoms with Gasteiger partial charge in [0.15, 0.2) is 18.5 Å². The van der Waals surface area contributed by atoms with Crippen molar-refractivity contribution in [2.75, 3.05) is 6.61 Å². The van der Waals surface area contributed by atoms with Gasteiger partial charge in [0.05, 0.1) is 0 Å². The minimum absolute atomic E-state index is 0.0527. The number of ether oxygens (including phenoxy) is 4. The standard InChI is InChI=1S/C30H28O13/c31-16-6-1-14(2-7-16)3-10-22(35)40-13-21-24(36)26(38)27(39)30(42-21)43-29-25(37)23-19(34)11-18(33)12-20(23)41-28(29)15-4-8-17(32)9-5-15/h1-12,21,24,26-34,36,38-39H,13H2/b10-3+/t21-,24-,26+,27-,28+,29-,30+/m1/s1. The van der Waals surface area contributed by atoms with E-state index >= 15 is 0 Å². The normalized spacial score (nSPS) is 27.0. The Balaban J connectivity index is 1.34. The maximum absolute atomic E-state index is 13.6. The molecule has 0 bridgehead atoms. The van der Waals surface area contributed by atoms with Crippen LogP contribution in [0.5, 0.6) is 28.7 Å². The highest BCUT2D eigenvalue weighted by atomic mass is 16.7. The highest BCUT2D eigenvalue weighted by Crippen LogP contribution is 2.43. The number of rotatable bonds is 7. The van der Waals surface area contributed by atoms with Crippen molar-refractivity contribution >= 4 is 17.8 Å². The highest BCUT2D eigenvalue weighted by Gasteiger charge is 2.49. The topological polar surface area (TPSA) is 213 Å². The van der Waals surface area contributed by atoms with Gasteiger partial charge < -0.3 is 54.7 Å². The third-order valence-electron chi connectivity index (χ3n) is 6.97. The van der Waals surface area contributed by atoms with Crippen molar-refractivity contribution in [2.45, 2.75) is 42.9 Å². The van der Waals surface area contributed by atoms with Gasteiger partial charge in [-0.25, -0.2) is 4.79 Å². The molecule has 0 aromatic heterocycles. The van der Waals surface area contributed by atoms with E-state index in [0.29, 0.717) is 11.1 Å².